The van der Waals surface area contributed by atoms with Gasteiger partial charge in [-0.05, 0) is 31.6 Å². The van der Waals surface area contributed by atoms with E-state index in [9.17, 15) is 4.79 Å². The minimum Gasteiger partial charge on any atom is -0.368 e. The van der Waals surface area contributed by atoms with Crippen molar-refractivity contribution in [2.75, 3.05) is 18.5 Å². The number of rotatable bonds is 7. The van der Waals surface area contributed by atoms with Gasteiger partial charge in [0.15, 0.2) is 0 Å². The molecule has 1 amide bonds. The summed E-state index contributed by atoms with van der Waals surface area (Å²) in [5, 5.41) is 4.02. The van der Waals surface area contributed by atoms with E-state index in [-0.39, 0.29) is 12.0 Å². The van der Waals surface area contributed by atoms with Crippen molar-refractivity contribution in [3.63, 3.8) is 0 Å². The van der Waals surface area contributed by atoms with Gasteiger partial charge in [0.25, 0.3) is 0 Å². The molecule has 1 aliphatic rings. The van der Waals surface area contributed by atoms with Crippen LogP contribution in [0, 0.1) is 5.92 Å². The Morgan fingerprint density at radius 3 is 2.94 bits per heavy atom. The molecule has 2 unspecified atom stereocenters. The van der Waals surface area contributed by atoms with Crippen LogP contribution in [0.3, 0.4) is 0 Å². The maximum atomic E-state index is 11.7. The third-order valence-corrected chi connectivity index (χ3v) is 3.46. The summed E-state index contributed by atoms with van der Waals surface area (Å²) in [6.45, 7) is 3.71. The summed E-state index contributed by atoms with van der Waals surface area (Å²) in [6, 6.07) is 0. The summed E-state index contributed by atoms with van der Waals surface area (Å²) < 4.78 is 5.35. The summed E-state index contributed by atoms with van der Waals surface area (Å²) >= 11 is 3.46. The zero-order chi connectivity index (χ0) is 11.8. The van der Waals surface area contributed by atoms with Gasteiger partial charge in [0, 0.05) is 18.5 Å². The molecule has 0 radical (unpaired) electrons. The molecule has 0 spiro atoms. The Kier molecular flexibility index (Phi) is 7.05. The molecule has 1 fully saturated rings. The van der Waals surface area contributed by atoms with Crippen molar-refractivity contribution in [2.24, 2.45) is 5.92 Å². The molecule has 0 bridgehead atoms. The van der Waals surface area contributed by atoms with Crippen LogP contribution in [0.4, 0.5) is 0 Å². The molecule has 1 saturated heterocycles. The average molecular weight is 292 g/mol. The van der Waals surface area contributed by atoms with Gasteiger partial charge in [-0.1, -0.05) is 29.3 Å². The first kappa shape index (κ1) is 14.0. The molecule has 2 atom stereocenters. The number of alkyl halides is 1. The first-order chi connectivity index (χ1) is 7.77. The quantitative estimate of drug-likeness (QED) is 0.732. The molecule has 0 aromatic carbocycles. The fraction of sp³-hybridized carbons (Fsp3) is 0.917. The van der Waals surface area contributed by atoms with Crippen LogP contribution in [0.2, 0.25) is 0 Å². The highest BCUT2D eigenvalue weighted by molar-refractivity contribution is 9.09. The van der Waals surface area contributed by atoms with Gasteiger partial charge < -0.3 is 10.1 Å². The minimum absolute atomic E-state index is 0.0770. The van der Waals surface area contributed by atoms with E-state index in [0.717, 1.165) is 37.7 Å². The molecule has 94 valence electrons. The van der Waals surface area contributed by atoms with Crippen LogP contribution in [0.1, 0.15) is 39.0 Å². The number of nitrogens with one attached hydrogen (secondary N) is 1. The van der Waals surface area contributed by atoms with E-state index >= 15 is 0 Å². The van der Waals surface area contributed by atoms with E-state index < -0.39 is 0 Å². The van der Waals surface area contributed by atoms with Gasteiger partial charge in [0.05, 0.1) is 0 Å². The molecule has 0 aromatic rings. The Labute approximate surface area is 106 Å². The number of hydrogen-bond donors (Lipinski definition) is 1. The fourth-order valence-corrected chi connectivity index (χ4v) is 2.70. The Bertz CT molecular complexity index is 199. The number of amides is 1. The number of carbonyl (C=O) groups is 1. The Morgan fingerprint density at radius 1 is 1.56 bits per heavy atom. The topological polar surface area (TPSA) is 38.3 Å². The van der Waals surface area contributed by atoms with Gasteiger partial charge in [-0.15, -0.1) is 0 Å². The molecule has 3 nitrogen and oxygen atoms in total. The van der Waals surface area contributed by atoms with Crippen LogP contribution in [-0.4, -0.2) is 30.5 Å². The summed E-state index contributed by atoms with van der Waals surface area (Å²) in [4.78, 5) is 11.7. The average Bonchev–Trinajstić information content (AvgIpc) is 2.79. The van der Waals surface area contributed by atoms with Crippen molar-refractivity contribution < 1.29 is 9.53 Å². The molecule has 4 heteroatoms. The number of ether oxygens (including phenoxy) is 1. The maximum Gasteiger partial charge on any atom is 0.249 e. The highest BCUT2D eigenvalue weighted by Gasteiger charge is 2.23. The molecule has 0 saturated carbocycles. The largest absolute Gasteiger partial charge is 0.368 e. The standard InChI is InChI=1S/C12H22BrNO2/c1-2-4-10(6-7-13)9-14-12(15)11-5-3-8-16-11/h10-11H,2-9H2,1H3,(H,14,15). The molecule has 0 aromatic heterocycles. The highest BCUT2D eigenvalue weighted by atomic mass is 79.9. The Morgan fingerprint density at radius 2 is 2.38 bits per heavy atom. The lowest BCUT2D eigenvalue weighted by atomic mass is 10.0. The van der Waals surface area contributed by atoms with Gasteiger partial charge in [-0.2, -0.15) is 0 Å². The molecular formula is C12H22BrNO2. The monoisotopic (exact) mass is 291 g/mol. The fourth-order valence-electron chi connectivity index (χ4n) is 2.05. The molecule has 1 heterocycles. The molecule has 1 N–H and O–H groups in total. The van der Waals surface area contributed by atoms with Gasteiger partial charge in [0.2, 0.25) is 5.91 Å². The van der Waals surface area contributed by atoms with Crippen LogP contribution in [-0.2, 0) is 9.53 Å². The summed E-state index contributed by atoms with van der Waals surface area (Å²) in [6.07, 6.45) is 5.18. The number of carbonyl (C=O) groups excluding carboxylic acids is 1. The van der Waals surface area contributed by atoms with E-state index in [2.05, 4.69) is 28.2 Å². The number of hydrogen-bond acceptors (Lipinski definition) is 2. The van der Waals surface area contributed by atoms with E-state index in [1.807, 2.05) is 0 Å². The zero-order valence-corrected chi connectivity index (χ0v) is 11.6. The van der Waals surface area contributed by atoms with Crippen molar-refractivity contribution in [3.8, 4) is 0 Å². The predicted molar refractivity (Wildman–Crippen MR) is 68.8 cm³/mol. The highest BCUT2D eigenvalue weighted by Crippen LogP contribution is 2.14. The van der Waals surface area contributed by atoms with Crippen LogP contribution in [0.25, 0.3) is 0 Å². The maximum absolute atomic E-state index is 11.7. The summed E-state index contributed by atoms with van der Waals surface area (Å²) in [7, 11) is 0. The lowest BCUT2D eigenvalue weighted by molar-refractivity contribution is -0.130. The predicted octanol–water partition coefficient (Wildman–Crippen LogP) is 2.48. The smallest absolute Gasteiger partial charge is 0.249 e. The minimum atomic E-state index is -0.189. The van der Waals surface area contributed by atoms with Crippen LogP contribution >= 0.6 is 15.9 Å². The van der Waals surface area contributed by atoms with Gasteiger partial charge >= 0.3 is 0 Å². The van der Waals surface area contributed by atoms with Crippen molar-refractivity contribution in [3.05, 3.63) is 0 Å². The molecule has 1 rings (SSSR count). The molecule has 1 aliphatic heterocycles. The van der Waals surface area contributed by atoms with E-state index in [0.29, 0.717) is 5.92 Å². The first-order valence-corrected chi connectivity index (χ1v) is 7.35. The van der Waals surface area contributed by atoms with Crippen LogP contribution in [0.15, 0.2) is 0 Å². The normalized spacial score (nSPS) is 22.0. The zero-order valence-electron chi connectivity index (χ0n) is 10.0. The third-order valence-electron chi connectivity index (χ3n) is 3.00. The van der Waals surface area contributed by atoms with Crippen molar-refractivity contribution in [1.29, 1.82) is 0 Å². The lowest BCUT2D eigenvalue weighted by Gasteiger charge is -2.17. The second-order valence-electron chi connectivity index (χ2n) is 4.38. The second kappa shape index (κ2) is 8.07. The summed E-state index contributed by atoms with van der Waals surface area (Å²) in [5.41, 5.74) is 0. The molecule has 0 aliphatic carbocycles. The lowest BCUT2D eigenvalue weighted by Crippen LogP contribution is -2.37. The van der Waals surface area contributed by atoms with Gasteiger partial charge in [-0.25, -0.2) is 0 Å². The molecular weight excluding hydrogens is 270 g/mol. The van der Waals surface area contributed by atoms with E-state index in [1.165, 1.54) is 12.8 Å². The van der Waals surface area contributed by atoms with Crippen LogP contribution < -0.4 is 5.32 Å². The number of halogens is 1. The van der Waals surface area contributed by atoms with Crippen molar-refractivity contribution in [1.82, 2.24) is 5.32 Å². The van der Waals surface area contributed by atoms with Crippen molar-refractivity contribution in [2.45, 2.75) is 45.1 Å². The summed E-state index contributed by atoms with van der Waals surface area (Å²) in [5.74, 6) is 0.669. The first-order valence-electron chi connectivity index (χ1n) is 6.23. The Hall–Kier alpha value is -0.0900. The molecule has 16 heavy (non-hydrogen) atoms. The van der Waals surface area contributed by atoms with Gasteiger partial charge in [0.1, 0.15) is 6.10 Å². The van der Waals surface area contributed by atoms with Crippen LogP contribution in [0.5, 0.6) is 0 Å². The second-order valence-corrected chi connectivity index (χ2v) is 5.17. The van der Waals surface area contributed by atoms with E-state index in [4.69, 9.17) is 4.74 Å². The van der Waals surface area contributed by atoms with Crippen molar-refractivity contribution >= 4 is 21.8 Å². The van der Waals surface area contributed by atoms with E-state index in [1.54, 1.807) is 0 Å². The SMILES string of the molecule is CCCC(CCBr)CNC(=O)C1CCCO1. The van der Waals surface area contributed by atoms with Gasteiger partial charge in [-0.3, -0.25) is 4.79 Å². The third kappa shape index (κ3) is 4.83. The Balaban J connectivity index is 2.21.